The van der Waals surface area contributed by atoms with E-state index in [9.17, 15) is 0 Å². The van der Waals surface area contributed by atoms with Gasteiger partial charge in [-0.05, 0) is 38.2 Å². The molecule has 1 fully saturated rings. The van der Waals surface area contributed by atoms with Crippen LogP contribution >= 0.6 is 35.6 Å². The van der Waals surface area contributed by atoms with Crippen LogP contribution in [0.5, 0.6) is 0 Å². The van der Waals surface area contributed by atoms with Gasteiger partial charge < -0.3 is 20.4 Å². The number of aliphatic imine (C=N–C) groups is 1. The molecule has 1 aliphatic heterocycles. The largest absolute Gasteiger partial charge is 0.369 e. The van der Waals surface area contributed by atoms with Gasteiger partial charge in [-0.2, -0.15) is 0 Å². The number of hydrogen-bond acceptors (Lipinski definition) is 5. The summed E-state index contributed by atoms with van der Waals surface area (Å²) >= 11 is 6.59. The first-order chi connectivity index (χ1) is 15.2. The predicted octanol–water partition coefficient (Wildman–Crippen LogP) is 3.01. The van der Waals surface area contributed by atoms with Gasteiger partial charge in [0, 0.05) is 55.2 Å². The van der Waals surface area contributed by atoms with E-state index in [0.717, 1.165) is 60.7 Å². The second-order valence-corrected chi connectivity index (χ2v) is 8.03. The van der Waals surface area contributed by atoms with E-state index in [4.69, 9.17) is 16.6 Å². The van der Waals surface area contributed by atoms with E-state index in [0.29, 0.717) is 13.1 Å². The van der Waals surface area contributed by atoms with Gasteiger partial charge in [-0.1, -0.05) is 23.7 Å². The van der Waals surface area contributed by atoms with Crippen LogP contribution in [0.3, 0.4) is 0 Å². The molecule has 0 atom stereocenters. The van der Waals surface area contributed by atoms with Gasteiger partial charge in [0.05, 0.1) is 13.1 Å². The molecule has 0 radical (unpaired) electrons. The summed E-state index contributed by atoms with van der Waals surface area (Å²) in [6.45, 7) is 7.91. The zero-order valence-corrected chi connectivity index (χ0v) is 21.5. The van der Waals surface area contributed by atoms with E-state index >= 15 is 0 Å². The van der Waals surface area contributed by atoms with Crippen LogP contribution < -0.4 is 15.5 Å². The molecule has 3 aromatic rings. The SMILES string of the molecule is CCNC(=NCc1c(Cl)cccc1N1CCN(C)CC1)NCc1nnc2ccccn12.I. The van der Waals surface area contributed by atoms with Crippen molar-refractivity contribution in [2.75, 3.05) is 44.7 Å². The maximum Gasteiger partial charge on any atom is 0.191 e. The van der Waals surface area contributed by atoms with Crippen LogP contribution in [0, 0.1) is 0 Å². The summed E-state index contributed by atoms with van der Waals surface area (Å²) in [6, 6.07) is 12.0. The van der Waals surface area contributed by atoms with Crippen LogP contribution in [-0.2, 0) is 13.1 Å². The molecule has 172 valence electrons. The third-order valence-corrected chi connectivity index (χ3v) is 5.83. The lowest BCUT2D eigenvalue weighted by Gasteiger charge is -2.35. The van der Waals surface area contributed by atoms with E-state index in [1.807, 2.05) is 40.9 Å². The first kappa shape index (κ1) is 24.5. The molecule has 2 aromatic heterocycles. The highest BCUT2D eigenvalue weighted by Gasteiger charge is 2.18. The zero-order valence-electron chi connectivity index (χ0n) is 18.5. The second kappa shape index (κ2) is 11.7. The number of likely N-dealkylation sites (N-methyl/N-ethyl adjacent to an activating group) is 1. The van der Waals surface area contributed by atoms with Gasteiger partial charge in [-0.15, -0.1) is 34.2 Å². The first-order valence-corrected chi connectivity index (χ1v) is 11.0. The lowest BCUT2D eigenvalue weighted by molar-refractivity contribution is 0.312. The van der Waals surface area contributed by atoms with Gasteiger partial charge in [0.25, 0.3) is 0 Å². The number of pyridine rings is 1. The molecule has 2 N–H and O–H groups in total. The van der Waals surface area contributed by atoms with Crippen molar-refractivity contribution < 1.29 is 0 Å². The van der Waals surface area contributed by atoms with Crippen molar-refractivity contribution in [1.29, 1.82) is 0 Å². The number of fused-ring (bicyclic) bond motifs is 1. The van der Waals surface area contributed by atoms with Crippen LogP contribution in [0.1, 0.15) is 18.3 Å². The van der Waals surface area contributed by atoms with Crippen LogP contribution in [0.15, 0.2) is 47.6 Å². The fourth-order valence-electron chi connectivity index (χ4n) is 3.72. The fourth-order valence-corrected chi connectivity index (χ4v) is 3.95. The Hall–Kier alpha value is -2.11. The molecule has 0 amide bonds. The zero-order chi connectivity index (χ0) is 21.6. The standard InChI is InChI=1S/C22H29ClN8.HI/c1-3-24-22(26-16-21-28-27-20-9-4-5-10-31(20)21)25-15-17-18(23)7-6-8-19(17)30-13-11-29(2)12-14-30;/h4-10H,3,11-16H2,1-2H3,(H2,24,25,26);1H. The number of rotatable bonds is 6. The number of aromatic nitrogens is 3. The number of benzene rings is 1. The number of nitrogens with zero attached hydrogens (tertiary/aromatic N) is 6. The molecule has 0 unspecified atom stereocenters. The second-order valence-electron chi connectivity index (χ2n) is 7.62. The molecule has 4 rings (SSSR count). The molecular formula is C22H30ClIN8. The molecule has 32 heavy (non-hydrogen) atoms. The Morgan fingerprint density at radius 2 is 1.88 bits per heavy atom. The van der Waals surface area contributed by atoms with Crippen molar-refractivity contribution in [3.05, 3.63) is 59.0 Å². The van der Waals surface area contributed by atoms with E-state index in [-0.39, 0.29) is 24.0 Å². The van der Waals surface area contributed by atoms with Crippen LogP contribution in [-0.4, -0.2) is 65.2 Å². The molecule has 0 spiro atoms. The molecular weight excluding hydrogens is 539 g/mol. The van der Waals surface area contributed by atoms with Crippen molar-refractivity contribution in [3.63, 3.8) is 0 Å². The van der Waals surface area contributed by atoms with E-state index in [2.05, 4.69) is 50.7 Å². The lowest BCUT2D eigenvalue weighted by atomic mass is 10.1. The molecule has 10 heteroatoms. The third kappa shape index (κ3) is 5.81. The van der Waals surface area contributed by atoms with Crippen molar-refractivity contribution in [1.82, 2.24) is 30.1 Å². The maximum atomic E-state index is 6.59. The van der Waals surface area contributed by atoms with Crippen molar-refractivity contribution in [2.24, 2.45) is 4.99 Å². The molecule has 1 saturated heterocycles. The molecule has 3 heterocycles. The summed E-state index contributed by atoms with van der Waals surface area (Å²) in [5.74, 6) is 1.55. The highest BCUT2D eigenvalue weighted by molar-refractivity contribution is 14.0. The number of guanidine groups is 1. The van der Waals surface area contributed by atoms with Gasteiger partial charge >= 0.3 is 0 Å². The minimum Gasteiger partial charge on any atom is -0.369 e. The Bertz CT molecular complexity index is 1050. The van der Waals surface area contributed by atoms with Crippen molar-refractivity contribution >= 4 is 52.9 Å². The molecule has 8 nitrogen and oxygen atoms in total. The Kier molecular flexibility index (Phi) is 8.94. The summed E-state index contributed by atoms with van der Waals surface area (Å²) in [7, 11) is 2.16. The summed E-state index contributed by atoms with van der Waals surface area (Å²) < 4.78 is 1.97. The Morgan fingerprint density at radius 3 is 2.66 bits per heavy atom. The van der Waals surface area contributed by atoms with Crippen LogP contribution in [0.25, 0.3) is 5.65 Å². The number of piperazine rings is 1. The quantitative estimate of drug-likeness (QED) is 0.271. The van der Waals surface area contributed by atoms with E-state index in [1.165, 1.54) is 5.69 Å². The summed E-state index contributed by atoms with van der Waals surface area (Å²) in [4.78, 5) is 9.56. The minimum atomic E-state index is 0. The molecule has 0 bridgehead atoms. The predicted molar refractivity (Wildman–Crippen MR) is 141 cm³/mol. The van der Waals surface area contributed by atoms with Crippen LogP contribution in [0.4, 0.5) is 5.69 Å². The minimum absolute atomic E-state index is 0. The summed E-state index contributed by atoms with van der Waals surface area (Å²) in [6.07, 6.45) is 1.96. The summed E-state index contributed by atoms with van der Waals surface area (Å²) in [5.41, 5.74) is 3.05. The first-order valence-electron chi connectivity index (χ1n) is 10.7. The van der Waals surface area contributed by atoms with Gasteiger partial charge in [0.2, 0.25) is 0 Å². The highest BCUT2D eigenvalue weighted by Crippen LogP contribution is 2.29. The maximum absolute atomic E-state index is 6.59. The Balaban J connectivity index is 0.00000289. The summed E-state index contributed by atoms with van der Waals surface area (Å²) in [5, 5.41) is 15.9. The van der Waals surface area contributed by atoms with Crippen molar-refractivity contribution in [2.45, 2.75) is 20.0 Å². The number of hydrogen-bond donors (Lipinski definition) is 2. The monoisotopic (exact) mass is 568 g/mol. The lowest BCUT2D eigenvalue weighted by Crippen LogP contribution is -2.44. The van der Waals surface area contributed by atoms with Gasteiger partial charge in [-0.25, -0.2) is 4.99 Å². The molecule has 0 saturated carbocycles. The highest BCUT2D eigenvalue weighted by atomic mass is 127. The van der Waals surface area contributed by atoms with E-state index in [1.54, 1.807) is 0 Å². The van der Waals surface area contributed by atoms with Gasteiger partial charge in [-0.3, -0.25) is 4.40 Å². The Morgan fingerprint density at radius 1 is 1.06 bits per heavy atom. The molecule has 1 aliphatic rings. The average molecular weight is 569 g/mol. The van der Waals surface area contributed by atoms with Crippen LogP contribution in [0.2, 0.25) is 5.02 Å². The molecule has 1 aromatic carbocycles. The fraction of sp³-hybridized carbons (Fsp3) is 0.409. The topological polar surface area (TPSA) is 73.1 Å². The van der Waals surface area contributed by atoms with Gasteiger partial charge in [0.1, 0.15) is 0 Å². The number of halogens is 2. The normalized spacial score (nSPS) is 15.0. The smallest absolute Gasteiger partial charge is 0.191 e. The van der Waals surface area contributed by atoms with Gasteiger partial charge in [0.15, 0.2) is 17.4 Å². The van der Waals surface area contributed by atoms with E-state index < -0.39 is 0 Å². The number of anilines is 1. The van der Waals surface area contributed by atoms with Crippen molar-refractivity contribution in [3.8, 4) is 0 Å². The average Bonchev–Trinajstić information content (AvgIpc) is 3.20. The number of nitrogens with one attached hydrogen (secondary N) is 2. The molecule has 0 aliphatic carbocycles. The third-order valence-electron chi connectivity index (χ3n) is 5.48. The Labute approximate surface area is 211 Å².